The number of H-pyrrole nitrogens is 2. The number of nitrogens with two attached hydrogens (primary N) is 1. The minimum Gasteiger partial charge on any atom is -0.330 e. The molecule has 0 atom stereocenters. The van der Waals surface area contributed by atoms with Crippen LogP contribution in [-0.2, 0) is 6.42 Å². The smallest absolute Gasteiger partial charge is 0.267 e. The second-order valence-corrected chi connectivity index (χ2v) is 2.22. The quantitative estimate of drug-likeness (QED) is 0.520. The first-order valence-corrected chi connectivity index (χ1v) is 3.22. The Labute approximate surface area is 58.4 Å². The standard InChI is InChI=1S/C6H11N3O/c1-4-5(2-3-7)8-9-6(4)10/h2-3,7H2,1H3,(H2,8,9,10). The van der Waals surface area contributed by atoms with E-state index in [9.17, 15) is 4.79 Å². The molecule has 0 aliphatic heterocycles. The van der Waals surface area contributed by atoms with Crippen LogP contribution in [0.4, 0.5) is 0 Å². The molecule has 0 amide bonds. The molecule has 1 rings (SSSR count). The highest BCUT2D eigenvalue weighted by Gasteiger charge is 2.01. The zero-order valence-corrected chi connectivity index (χ0v) is 5.90. The summed E-state index contributed by atoms with van der Waals surface area (Å²) in [5, 5.41) is 5.24. The summed E-state index contributed by atoms with van der Waals surface area (Å²) < 4.78 is 0. The van der Waals surface area contributed by atoms with E-state index in [1.807, 2.05) is 0 Å². The van der Waals surface area contributed by atoms with Gasteiger partial charge in [0.15, 0.2) is 0 Å². The summed E-state index contributed by atoms with van der Waals surface area (Å²) in [6.45, 7) is 2.34. The number of hydrogen-bond donors (Lipinski definition) is 3. The van der Waals surface area contributed by atoms with Gasteiger partial charge in [-0.1, -0.05) is 0 Å². The molecule has 1 aromatic heterocycles. The lowest BCUT2D eigenvalue weighted by Gasteiger charge is -1.91. The Kier molecular flexibility index (Phi) is 1.91. The molecule has 0 spiro atoms. The van der Waals surface area contributed by atoms with Gasteiger partial charge in [0.25, 0.3) is 5.56 Å². The van der Waals surface area contributed by atoms with Gasteiger partial charge in [-0.15, -0.1) is 0 Å². The lowest BCUT2D eigenvalue weighted by atomic mass is 10.2. The molecule has 1 aromatic rings. The predicted molar refractivity (Wildman–Crippen MR) is 38.9 cm³/mol. The lowest BCUT2D eigenvalue weighted by Crippen LogP contribution is -2.06. The zero-order valence-electron chi connectivity index (χ0n) is 5.90. The van der Waals surface area contributed by atoms with Crippen molar-refractivity contribution in [3.05, 3.63) is 21.6 Å². The van der Waals surface area contributed by atoms with E-state index < -0.39 is 0 Å². The molecule has 0 saturated carbocycles. The maximum absolute atomic E-state index is 10.8. The maximum atomic E-state index is 10.8. The molecular formula is C6H11N3O. The van der Waals surface area contributed by atoms with E-state index in [1.165, 1.54) is 0 Å². The third-order valence-electron chi connectivity index (χ3n) is 1.51. The number of rotatable bonds is 2. The molecule has 0 radical (unpaired) electrons. The normalized spacial score (nSPS) is 10.2. The second kappa shape index (κ2) is 2.70. The fraction of sp³-hybridized carbons (Fsp3) is 0.500. The van der Waals surface area contributed by atoms with Crippen LogP contribution in [0, 0.1) is 6.92 Å². The molecule has 0 aromatic carbocycles. The van der Waals surface area contributed by atoms with Crippen molar-refractivity contribution < 1.29 is 0 Å². The molecular weight excluding hydrogens is 130 g/mol. The van der Waals surface area contributed by atoms with E-state index in [0.717, 1.165) is 17.7 Å². The highest BCUT2D eigenvalue weighted by molar-refractivity contribution is 5.14. The van der Waals surface area contributed by atoms with Gasteiger partial charge in [-0.2, -0.15) is 0 Å². The monoisotopic (exact) mass is 141 g/mol. The average Bonchev–Trinajstić information content (AvgIpc) is 2.20. The van der Waals surface area contributed by atoms with Gasteiger partial charge in [0.05, 0.1) is 0 Å². The van der Waals surface area contributed by atoms with E-state index in [0.29, 0.717) is 6.54 Å². The summed E-state index contributed by atoms with van der Waals surface area (Å²) in [6.07, 6.45) is 0.727. The molecule has 0 unspecified atom stereocenters. The van der Waals surface area contributed by atoms with Crippen molar-refractivity contribution in [2.45, 2.75) is 13.3 Å². The van der Waals surface area contributed by atoms with Gasteiger partial charge in [0.2, 0.25) is 0 Å². The van der Waals surface area contributed by atoms with Gasteiger partial charge < -0.3 is 10.8 Å². The third-order valence-corrected chi connectivity index (χ3v) is 1.51. The average molecular weight is 141 g/mol. The summed E-state index contributed by atoms with van der Waals surface area (Å²) in [5.74, 6) is 0. The van der Waals surface area contributed by atoms with Crippen LogP contribution in [0.25, 0.3) is 0 Å². The van der Waals surface area contributed by atoms with E-state index in [2.05, 4.69) is 10.2 Å². The van der Waals surface area contributed by atoms with Crippen molar-refractivity contribution in [3.63, 3.8) is 0 Å². The number of hydrogen-bond acceptors (Lipinski definition) is 2. The number of aromatic nitrogens is 2. The summed E-state index contributed by atoms with van der Waals surface area (Å²) >= 11 is 0. The van der Waals surface area contributed by atoms with Crippen LogP contribution in [0.3, 0.4) is 0 Å². The van der Waals surface area contributed by atoms with Crippen molar-refractivity contribution in [1.29, 1.82) is 0 Å². The fourth-order valence-corrected chi connectivity index (χ4v) is 0.851. The first-order valence-electron chi connectivity index (χ1n) is 3.22. The van der Waals surface area contributed by atoms with Crippen molar-refractivity contribution in [3.8, 4) is 0 Å². The van der Waals surface area contributed by atoms with Gasteiger partial charge in [0, 0.05) is 17.7 Å². The second-order valence-electron chi connectivity index (χ2n) is 2.22. The first kappa shape index (κ1) is 7.08. The molecule has 4 heteroatoms. The van der Waals surface area contributed by atoms with E-state index in [-0.39, 0.29) is 5.56 Å². The number of aromatic amines is 2. The SMILES string of the molecule is Cc1c(CCN)[nH][nH]c1=O. The summed E-state index contributed by atoms with van der Waals surface area (Å²) in [7, 11) is 0. The molecule has 0 saturated heterocycles. The van der Waals surface area contributed by atoms with Crippen LogP contribution in [0.2, 0.25) is 0 Å². The largest absolute Gasteiger partial charge is 0.330 e. The van der Waals surface area contributed by atoms with Crippen molar-refractivity contribution in [1.82, 2.24) is 10.2 Å². The topological polar surface area (TPSA) is 74.7 Å². The van der Waals surface area contributed by atoms with E-state index in [4.69, 9.17) is 5.73 Å². The minimum atomic E-state index is -0.0524. The summed E-state index contributed by atoms with van der Waals surface area (Å²) in [4.78, 5) is 10.8. The highest BCUT2D eigenvalue weighted by atomic mass is 16.1. The van der Waals surface area contributed by atoms with Crippen LogP contribution in [0.15, 0.2) is 4.79 Å². The zero-order chi connectivity index (χ0) is 7.56. The minimum absolute atomic E-state index is 0.0524. The molecule has 0 bridgehead atoms. The Morgan fingerprint density at radius 1 is 1.50 bits per heavy atom. The van der Waals surface area contributed by atoms with Gasteiger partial charge in [-0.25, -0.2) is 0 Å². The Bertz CT molecular complexity index is 260. The lowest BCUT2D eigenvalue weighted by molar-refractivity contribution is 0.893. The summed E-state index contributed by atoms with van der Waals surface area (Å²) in [5.41, 5.74) is 6.90. The predicted octanol–water partition coefficient (Wildman–Crippen LogP) is -0.487. The van der Waals surface area contributed by atoms with E-state index >= 15 is 0 Å². The van der Waals surface area contributed by atoms with Crippen molar-refractivity contribution >= 4 is 0 Å². The molecule has 4 nitrogen and oxygen atoms in total. The Morgan fingerprint density at radius 3 is 2.60 bits per heavy atom. The van der Waals surface area contributed by atoms with Crippen LogP contribution in [-0.4, -0.2) is 16.7 Å². The molecule has 1 heterocycles. The summed E-state index contributed by atoms with van der Waals surface area (Å²) in [6, 6.07) is 0. The third kappa shape index (κ3) is 1.11. The molecule has 0 aliphatic rings. The van der Waals surface area contributed by atoms with Crippen LogP contribution in [0.1, 0.15) is 11.3 Å². The van der Waals surface area contributed by atoms with Gasteiger partial charge >= 0.3 is 0 Å². The highest BCUT2D eigenvalue weighted by Crippen LogP contribution is 1.95. The van der Waals surface area contributed by atoms with Gasteiger partial charge in [-0.3, -0.25) is 9.89 Å². The molecule has 0 fully saturated rings. The van der Waals surface area contributed by atoms with Gasteiger partial charge in [-0.05, 0) is 13.5 Å². The molecule has 0 aliphatic carbocycles. The molecule has 10 heavy (non-hydrogen) atoms. The van der Waals surface area contributed by atoms with Crippen molar-refractivity contribution in [2.75, 3.05) is 6.54 Å². The van der Waals surface area contributed by atoms with Crippen LogP contribution >= 0.6 is 0 Å². The van der Waals surface area contributed by atoms with Crippen LogP contribution in [0.5, 0.6) is 0 Å². The number of nitrogens with one attached hydrogen (secondary N) is 2. The van der Waals surface area contributed by atoms with Crippen molar-refractivity contribution in [2.24, 2.45) is 5.73 Å². The Hall–Kier alpha value is -1.03. The molecule has 56 valence electrons. The Balaban J connectivity index is 2.94. The van der Waals surface area contributed by atoms with Crippen LogP contribution < -0.4 is 11.3 Å². The fourth-order valence-electron chi connectivity index (χ4n) is 0.851. The van der Waals surface area contributed by atoms with E-state index in [1.54, 1.807) is 6.92 Å². The Morgan fingerprint density at radius 2 is 2.20 bits per heavy atom. The molecule has 4 N–H and O–H groups in total. The maximum Gasteiger partial charge on any atom is 0.267 e. The first-order chi connectivity index (χ1) is 4.75. The van der Waals surface area contributed by atoms with Gasteiger partial charge in [0.1, 0.15) is 0 Å².